The zero-order valence-corrected chi connectivity index (χ0v) is 10.8. The van der Waals surface area contributed by atoms with E-state index in [1.807, 2.05) is 0 Å². The van der Waals surface area contributed by atoms with Gasteiger partial charge in [-0.3, -0.25) is 4.79 Å². The topological polar surface area (TPSA) is 44.1 Å². The molecule has 3 heteroatoms. The van der Waals surface area contributed by atoms with Crippen LogP contribution in [0, 0.1) is 11.3 Å². The van der Waals surface area contributed by atoms with Gasteiger partial charge in [-0.1, -0.05) is 18.2 Å². The van der Waals surface area contributed by atoms with Crippen LogP contribution in [0.25, 0.3) is 0 Å². The summed E-state index contributed by atoms with van der Waals surface area (Å²) in [4.78, 5) is 12.6. The molecule has 0 atom stereocenters. The Morgan fingerprint density at radius 1 is 1.33 bits per heavy atom. The number of likely N-dealkylation sites (N-methyl/N-ethyl adjacent to an activating group) is 1. The number of aryl methyl sites for hydroxylation is 2. The molecule has 0 aliphatic heterocycles. The number of fused-ring (bicyclic) bond motifs is 1. The number of benzene rings is 1. The van der Waals surface area contributed by atoms with Gasteiger partial charge in [0, 0.05) is 13.6 Å². The second kappa shape index (κ2) is 5.68. The standard InChI is InChI=1S/C15H18N2O/c1-17(15(18)11-16)9-8-12-6-7-13-4-2-3-5-14(13)10-12/h6-7,10H,2-5,8-9H2,1H3. The molecule has 1 amide bonds. The molecule has 94 valence electrons. The molecule has 1 aromatic carbocycles. The highest BCUT2D eigenvalue weighted by molar-refractivity contribution is 5.90. The van der Waals surface area contributed by atoms with Crippen LogP contribution in [-0.4, -0.2) is 24.4 Å². The zero-order valence-electron chi connectivity index (χ0n) is 10.8. The van der Waals surface area contributed by atoms with Gasteiger partial charge in [0.25, 0.3) is 0 Å². The number of hydrogen-bond acceptors (Lipinski definition) is 2. The van der Waals surface area contributed by atoms with Gasteiger partial charge in [-0.25, -0.2) is 0 Å². The molecule has 3 nitrogen and oxygen atoms in total. The number of carbonyl (C=O) groups excluding carboxylic acids is 1. The maximum Gasteiger partial charge on any atom is 0.324 e. The number of nitriles is 1. The maximum absolute atomic E-state index is 11.1. The predicted octanol–water partition coefficient (Wildman–Crippen LogP) is 2.09. The van der Waals surface area contributed by atoms with Crippen LogP contribution in [0.1, 0.15) is 29.5 Å². The first-order chi connectivity index (χ1) is 8.70. The minimum Gasteiger partial charge on any atom is -0.333 e. The molecule has 0 spiro atoms. The molecule has 0 saturated heterocycles. The Hall–Kier alpha value is -1.82. The zero-order chi connectivity index (χ0) is 13.0. The van der Waals surface area contributed by atoms with Crippen molar-refractivity contribution in [1.29, 1.82) is 5.26 Å². The first-order valence-electron chi connectivity index (χ1n) is 6.46. The monoisotopic (exact) mass is 242 g/mol. The Labute approximate surface area is 108 Å². The van der Waals surface area contributed by atoms with E-state index in [1.54, 1.807) is 13.1 Å². The van der Waals surface area contributed by atoms with Gasteiger partial charge in [-0.15, -0.1) is 0 Å². The van der Waals surface area contributed by atoms with Gasteiger partial charge in [-0.2, -0.15) is 5.26 Å². The number of hydrogen-bond donors (Lipinski definition) is 0. The number of rotatable bonds is 3. The number of nitrogens with zero attached hydrogens (tertiary/aromatic N) is 2. The average Bonchev–Trinajstić information content (AvgIpc) is 2.43. The Balaban J connectivity index is 1.98. The van der Waals surface area contributed by atoms with Crippen molar-refractivity contribution in [2.45, 2.75) is 32.1 Å². The Bertz CT molecular complexity index is 488. The summed E-state index contributed by atoms with van der Waals surface area (Å²) in [5, 5.41) is 8.52. The fraction of sp³-hybridized carbons (Fsp3) is 0.467. The van der Waals surface area contributed by atoms with Crippen LogP contribution >= 0.6 is 0 Å². The van der Waals surface area contributed by atoms with Crippen molar-refractivity contribution in [3.63, 3.8) is 0 Å². The molecule has 0 heterocycles. The molecule has 0 bridgehead atoms. The number of amides is 1. The van der Waals surface area contributed by atoms with Gasteiger partial charge in [-0.05, 0) is 48.8 Å². The van der Waals surface area contributed by atoms with Crippen molar-refractivity contribution < 1.29 is 4.79 Å². The lowest BCUT2D eigenvalue weighted by atomic mass is 9.90. The highest BCUT2D eigenvalue weighted by atomic mass is 16.2. The van der Waals surface area contributed by atoms with Gasteiger partial charge in [0.2, 0.25) is 0 Å². The van der Waals surface area contributed by atoms with Crippen LogP contribution in [0.3, 0.4) is 0 Å². The highest BCUT2D eigenvalue weighted by Crippen LogP contribution is 2.22. The molecule has 1 aliphatic rings. The van der Waals surface area contributed by atoms with Gasteiger partial charge in [0.1, 0.15) is 0 Å². The molecule has 2 rings (SSSR count). The van der Waals surface area contributed by atoms with Gasteiger partial charge < -0.3 is 4.90 Å². The van der Waals surface area contributed by atoms with Crippen molar-refractivity contribution in [3.8, 4) is 6.07 Å². The van der Waals surface area contributed by atoms with E-state index in [2.05, 4.69) is 18.2 Å². The van der Waals surface area contributed by atoms with Crippen molar-refractivity contribution in [2.75, 3.05) is 13.6 Å². The first-order valence-corrected chi connectivity index (χ1v) is 6.46. The highest BCUT2D eigenvalue weighted by Gasteiger charge is 2.10. The van der Waals surface area contributed by atoms with Crippen LogP contribution in [0.5, 0.6) is 0 Å². The summed E-state index contributed by atoms with van der Waals surface area (Å²) in [5.41, 5.74) is 4.20. The molecule has 1 aromatic rings. The van der Waals surface area contributed by atoms with Crippen molar-refractivity contribution >= 4 is 5.91 Å². The number of carbonyl (C=O) groups is 1. The molecule has 0 N–H and O–H groups in total. The lowest BCUT2D eigenvalue weighted by Crippen LogP contribution is -2.27. The average molecular weight is 242 g/mol. The van der Waals surface area contributed by atoms with Crippen LogP contribution in [0.4, 0.5) is 0 Å². The first kappa shape index (κ1) is 12.6. The fourth-order valence-electron chi connectivity index (χ4n) is 2.43. The van der Waals surface area contributed by atoms with Crippen LogP contribution in [-0.2, 0) is 24.1 Å². The Morgan fingerprint density at radius 2 is 2.06 bits per heavy atom. The van der Waals surface area contributed by atoms with E-state index in [1.165, 1.54) is 47.3 Å². The molecule has 0 fully saturated rings. The van der Waals surface area contributed by atoms with E-state index in [0.29, 0.717) is 6.54 Å². The predicted molar refractivity (Wildman–Crippen MR) is 70.0 cm³/mol. The summed E-state index contributed by atoms with van der Waals surface area (Å²) in [6, 6.07) is 8.27. The maximum atomic E-state index is 11.1. The molecule has 1 aliphatic carbocycles. The van der Waals surface area contributed by atoms with Crippen molar-refractivity contribution in [1.82, 2.24) is 4.90 Å². The summed E-state index contributed by atoms with van der Waals surface area (Å²) in [7, 11) is 1.67. The van der Waals surface area contributed by atoms with E-state index in [-0.39, 0.29) is 0 Å². The lowest BCUT2D eigenvalue weighted by molar-refractivity contribution is -0.124. The Morgan fingerprint density at radius 3 is 2.78 bits per heavy atom. The van der Waals surface area contributed by atoms with Crippen molar-refractivity contribution in [3.05, 3.63) is 34.9 Å². The molecule has 0 unspecified atom stereocenters. The SMILES string of the molecule is CN(CCc1ccc2c(c1)CCCC2)C(=O)C#N. The van der Waals surface area contributed by atoms with E-state index >= 15 is 0 Å². The smallest absolute Gasteiger partial charge is 0.324 e. The lowest BCUT2D eigenvalue weighted by Gasteiger charge is -2.18. The third-order valence-electron chi connectivity index (χ3n) is 3.59. The molecule has 18 heavy (non-hydrogen) atoms. The van der Waals surface area contributed by atoms with E-state index in [9.17, 15) is 4.79 Å². The summed E-state index contributed by atoms with van der Waals surface area (Å²) in [6.07, 6.45) is 5.77. The summed E-state index contributed by atoms with van der Waals surface area (Å²) in [5.74, 6) is -0.465. The fourth-order valence-corrected chi connectivity index (χ4v) is 2.43. The molecule has 0 saturated carbocycles. The molecular weight excluding hydrogens is 224 g/mol. The summed E-state index contributed by atoms with van der Waals surface area (Å²) < 4.78 is 0. The van der Waals surface area contributed by atoms with E-state index < -0.39 is 5.91 Å². The molecule has 0 aromatic heterocycles. The third kappa shape index (κ3) is 2.89. The minimum absolute atomic E-state index is 0.465. The minimum atomic E-state index is -0.465. The van der Waals surface area contributed by atoms with E-state index in [4.69, 9.17) is 5.26 Å². The van der Waals surface area contributed by atoms with Gasteiger partial charge in [0.05, 0.1) is 0 Å². The van der Waals surface area contributed by atoms with Gasteiger partial charge in [0.15, 0.2) is 6.07 Å². The molecule has 0 radical (unpaired) electrons. The van der Waals surface area contributed by atoms with Crippen LogP contribution < -0.4 is 0 Å². The van der Waals surface area contributed by atoms with Crippen molar-refractivity contribution in [2.24, 2.45) is 0 Å². The second-order valence-electron chi connectivity index (χ2n) is 4.90. The Kier molecular flexibility index (Phi) is 3.99. The van der Waals surface area contributed by atoms with Gasteiger partial charge >= 0.3 is 5.91 Å². The summed E-state index contributed by atoms with van der Waals surface area (Å²) >= 11 is 0. The summed E-state index contributed by atoms with van der Waals surface area (Å²) in [6.45, 7) is 0.602. The second-order valence-corrected chi connectivity index (χ2v) is 4.90. The van der Waals surface area contributed by atoms with Crippen LogP contribution in [0.15, 0.2) is 18.2 Å². The van der Waals surface area contributed by atoms with E-state index in [0.717, 1.165) is 6.42 Å². The van der Waals surface area contributed by atoms with Crippen LogP contribution in [0.2, 0.25) is 0 Å². The molecular formula is C15H18N2O. The quantitative estimate of drug-likeness (QED) is 0.762. The largest absolute Gasteiger partial charge is 0.333 e. The normalized spacial score (nSPS) is 13.6. The third-order valence-corrected chi connectivity index (χ3v) is 3.59.